The Morgan fingerprint density at radius 2 is 1.67 bits per heavy atom. The smallest absolute Gasteiger partial charge is 0.359 e. The number of carbonyl (C=O) groups is 1. The van der Waals surface area contributed by atoms with Gasteiger partial charge in [-0.1, -0.05) is 42.8 Å². The molecule has 7 nitrogen and oxygen atoms in total. The summed E-state index contributed by atoms with van der Waals surface area (Å²) in [4.78, 5) is 12.9. The summed E-state index contributed by atoms with van der Waals surface area (Å²) in [5.74, 6) is -1.23. The lowest BCUT2D eigenvalue weighted by Crippen LogP contribution is -2.60. The quantitative estimate of drug-likeness (QED) is 0.701. The molecular weight excluding hydrogens is 459 g/mol. The zero-order chi connectivity index (χ0) is 23.9. The van der Waals surface area contributed by atoms with Gasteiger partial charge in [0.15, 0.2) is 0 Å². The molecule has 0 bridgehead atoms. The SMILES string of the molecule is O=C(c1cccc(S(=O)(=O)N2CCCCC2)c1)N1NC(c2ccccc2)=C[C@]1(O)C(F)(F)F. The van der Waals surface area contributed by atoms with Crippen molar-refractivity contribution in [3.63, 3.8) is 0 Å². The van der Waals surface area contributed by atoms with Gasteiger partial charge >= 0.3 is 6.18 Å². The number of aliphatic hydroxyl groups is 1. The molecule has 0 unspecified atom stereocenters. The molecule has 2 N–H and O–H groups in total. The second-order valence-corrected chi connectivity index (χ2v) is 9.83. The van der Waals surface area contributed by atoms with Gasteiger partial charge in [-0.05, 0) is 36.6 Å². The van der Waals surface area contributed by atoms with E-state index in [2.05, 4.69) is 5.43 Å². The fourth-order valence-electron chi connectivity index (χ4n) is 3.86. The fraction of sp³-hybridized carbons (Fsp3) is 0.318. The first-order valence-corrected chi connectivity index (χ1v) is 11.8. The van der Waals surface area contributed by atoms with Gasteiger partial charge in [-0.2, -0.15) is 17.5 Å². The summed E-state index contributed by atoms with van der Waals surface area (Å²) in [6.07, 6.45) is -2.36. The predicted octanol–water partition coefficient (Wildman–Crippen LogP) is 3.11. The first-order chi connectivity index (χ1) is 15.5. The maximum absolute atomic E-state index is 13.8. The number of hydrogen-bond donors (Lipinski definition) is 2. The van der Waals surface area contributed by atoms with Gasteiger partial charge in [-0.15, -0.1) is 0 Å². The maximum atomic E-state index is 13.8. The van der Waals surface area contributed by atoms with Gasteiger partial charge < -0.3 is 5.11 Å². The van der Waals surface area contributed by atoms with E-state index in [0.29, 0.717) is 37.6 Å². The summed E-state index contributed by atoms with van der Waals surface area (Å²) in [5, 5.41) is 10.6. The maximum Gasteiger partial charge on any atom is 0.442 e. The lowest BCUT2D eigenvalue weighted by molar-refractivity contribution is -0.283. The van der Waals surface area contributed by atoms with E-state index in [0.717, 1.165) is 12.5 Å². The number of hydrazine groups is 1. The van der Waals surface area contributed by atoms with E-state index >= 15 is 0 Å². The van der Waals surface area contributed by atoms with Crippen LogP contribution < -0.4 is 5.43 Å². The molecule has 1 amide bonds. The third-order valence-electron chi connectivity index (χ3n) is 5.66. The van der Waals surface area contributed by atoms with Crippen molar-refractivity contribution in [1.29, 1.82) is 0 Å². The van der Waals surface area contributed by atoms with Gasteiger partial charge in [0.25, 0.3) is 11.6 Å². The zero-order valence-electron chi connectivity index (χ0n) is 17.4. The summed E-state index contributed by atoms with van der Waals surface area (Å²) in [6, 6.07) is 12.7. The van der Waals surface area contributed by atoms with Crippen LogP contribution in [0.15, 0.2) is 65.6 Å². The molecule has 0 aliphatic carbocycles. The first-order valence-electron chi connectivity index (χ1n) is 10.3. The normalized spacial score (nSPS) is 22.1. The van der Waals surface area contributed by atoms with Gasteiger partial charge in [0.1, 0.15) is 0 Å². The van der Waals surface area contributed by atoms with Crippen LogP contribution in [0.1, 0.15) is 35.2 Å². The van der Waals surface area contributed by atoms with Gasteiger partial charge in [-0.25, -0.2) is 13.4 Å². The second kappa shape index (κ2) is 8.47. The molecule has 2 aliphatic heterocycles. The molecule has 2 heterocycles. The number of alkyl halides is 3. The number of rotatable bonds is 4. The molecular formula is C22H22F3N3O4S. The van der Waals surface area contributed by atoms with Crippen LogP contribution in [-0.2, 0) is 10.0 Å². The molecule has 1 fully saturated rings. The van der Waals surface area contributed by atoms with Crippen LogP contribution in [0.5, 0.6) is 0 Å². The van der Waals surface area contributed by atoms with Crippen LogP contribution >= 0.6 is 0 Å². The second-order valence-electron chi connectivity index (χ2n) is 7.89. The van der Waals surface area contributed by atoms with Gasteiger partial charge in [0.2, 0.25) is 10.0 Å². The third-order valence-corrected chi connectivity index (χ3v) is 7.55. The van der Waals surface area contributed by atoms with Crippen molar-refractivity contribution in [2.45, 2.75) is 36.1 Å². The summed E-state index contributed by atoms with van der Waals surface area (Å²) < 4.78 is 68.7. The van der Waals surface area contributed by atoms with Crippen molar-refractivity contribution in [2.75, 3.05) is 13.1 Å². The van der Waals surface area contributed by atoms with Crippen molar-refractivity contribution in [3.8, 4) is 0 Å². The molecule has 1 atom stereocenters. The van der Waals surface area contributed by atoms with E-state index in [1.807, 2.05) is 0 Å². The molecule has 0 aromatic heterocycles. The summed E-state index contributed by atoms with van der Waals surface area (Å²) in [7, 11) is -3.91. The lowest BCUT2D eigenvalue weighted by atomic mass is 10.1. The summed E-state index contributed by atoms with van der Waals surface area (Å²) >= 11 is 0. The van der Waals surface area contributed by atoms with Crippen LogP contribution in [0.4, 0.5) is 13.2 Å². The molecule has 2 aromatic rings. The van der Waals surface area contributed by atoms with Crippen molar-refractivity contribution >= 4 is 21.6 Å². The highest BCUT2D eigenvalue weighted by Crippen LogP contribution is 2.40. The molecule has 11 heteroatoms. The first kappa shape index (κ1) is 23.3. The number of carbonyl (C=O) groups excluding carboxylic acids is 1. The van der Waals surface area contributed by atoms with E-state index in [4.69, 9.17) is 0 Å². The Balaban J connectivity index is 1.68. The molecule has 2 aliphatic rings. The Morgan fingerprint density at radius 1 is 1.00 bits per heavy atom. The molecule has 33 heavy (non-hydrogen) atoms. The fourth-order valence-corrected chi connectivity index (χ4v) is 5.42. The van der Waals surface area contributed by atoms with E-state index in [1.54, 1.807) is 18.2 Å². The van der Waals surface area contributed by atoms with E-state index in [-0.39, 0.29) is 21.2 Å². The van der Waals surface area contributed by atoms with Crippen LogP contribution in [0.2, 0.25) is 0 Å². The minimum atomic E-state index is -5.22. The number of amides is 1. The van der Waals surface area contributed by atoms with Crippen molar-refractivity contribution in [3.05, 3.63) is 71.8 Å². The highest BCUT2D eigenvalue weighted by molar-refractivity contribution is 7.89. The highest BCUT2D eigenvalue weighted by Gasteiger charge is 2.61. The van der Waals surface area contributed by atoms with Crippen LogP contribution in [0, 0.1) is 0 Å². The Hall–Kier alpha value is -2.89. The summed E-state index contributed by atoms with van der Waals surface area (Å²) in [6.45, 7) is 0.679. The van der Waals surface area contributed by atoms with Crippen molar-refractivity contribution in [1.82, 2.24) is 14.7 Å². The number of piperidine rings is 1. The number of sulfonamides is 1. The van der Waals surface area contributed by atoms with Crippen molar-refractivity contribution < 1.29 is 31.5 Å². The average Bonchev–Trinajstić information content (AvgIpc) is 3.19. The zero-order valence-corrected chi connectivity index (χ0v) is 18.2. The molecule has 2 aromatic carbocycles. The Labute approximate surface area is 189 Å². The number of halogens is 3. The minimum Gasteiger partial charge on any atom is -0.359 e. The van der Waals surface area contributed by atoms with Crippen LogP contribution in [0.25, 0.3) is 5.70 Å². The van der Waals surface area contributed by atoms with Gasteiger partial charge in [-0.3, -0.25) is 10.2 Å². The molecule has 0 saturated carbocycles. The van der Waals surface area contributed by atoms with Crippen LogP contribution in [-0.4, -0.2) is 53.7 Å². The topological polar surface area (TPSA) is 90.0 Å². The Kier molecular flexibility index (Phi) is 5.97. The number of nitrogens with one attached hydrogen (secondary N) is 1. The third kappa shape index (κ3) is 4.23. The molecule has 0 radical (unpaired) electrons. The monoisotopic (exact) mass is 481 g/mol. The number of hydrogen-bond acceptors (Lipinski definition) is 5. The predicted molar refractivity (Wildman–Crippen MR) is 114 cm³/mol. The van der Waals surface area contributed by atoms with E-state index in [1.165, 1.54) is 34.6 Å². The number of nitrogens with zero attached hydrogens (tertiary/aromatic N) is 2. The summed E-state index contributed by atoms with van der Waals surface area (Å²) in [5.41, 5.74) is -1.38. The van der Waals surface area contributed by atoms with Crippen LogP contribution in [0.3, 0.4) is 0 Å². The molecule has 1 saturated heterocycles. The minimum absolute atomic E-state index is 0.0714. The Morgan fingerprint density at radius 3 is 2.30 bits per heavy atom. The van der Waals surface area contributed by atoms with E-state index in [9.17, 15) is 31.5 Å². The largest absolute Gasteiger partial charge is 0.442 e. The van der Waals surface area contributed by atoms with Gasteiger partial charge in [0, 0.05) is 24.7 Å². The molecule has 0 spiro atoms. The van der Waals surface area contributed by atoms with Gasteiger partial charge in [0.05, 0.1) is 10.6 Å². The molecule has 4 rings (SSSR count). The lowest BCUT2D eigenvalue weighted by Gasteiger charge is -2.33. The molecule has 176 valence electrons. The standard InChI is InChI=1S/C22H22F3N3O4S/c23-22(24,25)21(30)15-19(16-8-3-1-4-9-16)26-28(21)20(29)17-10-7-11-18(14-17)33(31,32)27-12-5-2-6-13-27/h1,3-4,7-11,14-15,26,30H,2,5-6,12-13H2/t21-/m0/s1. The average molecular weight is 481 g/mol. The number of benzene rings is 2. The van der Waals surface area contributed by atoms with E-state index < -0.39 is 27.8 Å². The Bertz CT molecular complexity index is 1180. The highest BCUT2D eigenvalue weighted by atomic mass is 32.2. The van der Waals surface area contributed by atoms with Crippen molar-refractivity contribution in [2.24, 2.45) is 0 Å².